The van der Waals surface area contributed by atoms with E-state index in [1.807, 2.05) is 0 Å². The first-order chi connectivity index (χ1) is 18.4. The molecule has 0 aliphatic carbocycles. The zero-order chi connectivity index (χ0) is 28.2. The molecule has 3 atom stereocenters. The van der Waals surface area contributed by atoms with Gasteiger partial charge in [0.2, 0.25) is 11.8 Å². The van der Waals surface area contributed by atoms with Crippen molar-refractivity contribution in [3.63, 3.8) is 0 Å². The SMILES string of the molecule is NC(=O)N1C(=O)[C@@H]2[C@H](c3ccccc3O)c3sc(=O)n(CC(=O)Nc4cccc(C(F)(F)F)c4)c3S[C@@H]2C1=O. The van der Waals surface area contributed by atoms with Gasteiger partial charge in [-0.2, -0.15) is 18.1 Å². The van der Waals surface area contributed by atoms with Crippen molar-refractivity contribution in [2.24, 2.45) is 11.7 Å². The van der Waals surface area contributed by atoms with Gasteiger partial charge in [-0.3, -0.25) is 23.7 Å². The third-order valence-corrected chi connectivity index (χ3v) is 8.92. The first-order valence-electron chi connectivity index (χ1n) is 11.2. The molecule has 15 heteroatoms. The van der Waals surface area contributed by atoms with Gasteiger partial charge in [-0.15, -0.1) is 0 Å². The number of nitrogens with zero attached hydrogens (tertiary/aromatic N) is 2. The van der Waals surface area contributed by atoms with E-state index >= 15 is 0 Å². The average molecular weight is 579 g/mol. The second-order valence-electron chi connectivity index (χ2n) is 8.70. The van der Waals surface area contributed by atoms with Crippen LogP contribution in [0.25, 0.3) is 0 Å². The van der Waals surface area contributed by atoms with Crippen LogP contribution in [0.15, 0.2) is 58.4 Å². The Morgan fingerprint density at radius 2 is 1.77 bits per heavy atom. The molecule has 0 radical (unpaired) electrons. The number of aromatic nitrogens is 1. The van der Waals surface area contributed by atoms with Crippen LogP contribution in [-0.4, -0.2) is 43.6 Å². The summed E-state index contributed by atoms with van der Waals surface area (Å²) in [5.74, 6) is -4.98. The molecule has 3 heterocycles. The fourth-order valence-corrected chi connectivity index (χ4v) is 7.44. The number of primary amides is 1. The lowest BCUT2D eigenvalue weighted by atomic mass is 9.82. The molecule has 2 aliphatic rings. The number of benzene rings is 2. The third-order valence-electron chi connectivity index (χ3n) is 6.32. The number of rotatable bonds is 4. The Morgan fingerprint density at radius 3 is 2.44 bits per heavy atom. The van der Waals surface area contributed by atoms with Crippen LogP contribution in [0.1, 0.15) is 21.9 Å². The van der Waals surface area contributed by atoms with Gasteiger partial charge in [-0.05, 0) is 24.3 Å². The minimum absolute atomic E-state index is 0.138. The minimum Gasteiger partial charge on any atom is -0.508 e. The molecule has 4 N–H and O–H groups in total. The lowest BCUT2D eigenvalue weighted by molar-refractivity contribution is -0.138. The van der Waals surface area contributed by atoms with Gasteiger partial charge < -0.3 is 16.2 Å². The van der Waals surface area contributed by atoms with Crippen molar-refractivity contribution in [3.8, 4) is 5.75 Å². The Hall–Kier alpha value is -4.11. The van der Waals surface area contributed by atoms with Crippen molar-refractivity contribution in [3.05, 3.63) is 74.2 Å². The summed E-state index contributed by atoms with van der Waals surface area (Å²) in [7, 11) is 0. The van der Waals surface area contributed by atoms with E-state index < -0.39 is 64.0 Å². The topological polar surface area (TPSA) is 152 Å². The van der Waals surface area contributed by atoms with E-state index in [1.54, 1.807) is 6.07 Å². The van der Waals surface area contributed by atoms with Gasteiger partial charge in [-0.25, -0.2) is 4.79 Å². The number of para-hydroxylation sites is 1. The number of aromatic hydroxyl groups is 1. The molecular weight excluding hydrogens is 561 g/mol. The quantitative estimate of drug-likeness (QED) is 0.403. The Balaban J connectivity index is 1.54. The summed E-state index contributed by atoms with van der Waals surface area (Å²) in [6.45, 7) is -0.611. The normalized spacial score (nSPS) is 20.5. The van der Waals surface area contributed by atoms with Crippen LogP contribution in [0, 0.1) is 5.92 Å². The van der Waals surface area contributed by atoms with Crippen molar-refractivity contribution >= 4 is 52.5 Å². The van der Waals surface area contributed by atoms with Crippen LogP contribution < -0.4 is 15.9 Å². The van der Waals surface area contributed by atoms with Gasteiger partial charge in [-0.1, -0.05) is 47.4 Å². The van der Waals surface area contributed by atoms with Crippen molar-refractivity contribution in [2.75, 3.05) is 5.32 Å². The summed E-state index contributed by atoms with van der Waals surface area (Å²) in [5, 5.41) is 11.9. The van der Waals surface area contributed by atoms with Crippen LogP contribution in [0.5, 0.6) is 5.75 Å². The van der Waals surface area contributed by atoms with Crippen molar-refractivity contribution in [1.29, 1.82) is 0 Å². The zero-order valence-corrected chi connectivity index (χ0v) is 21.1. The molecule has 3 aromatic rings. The number of halogens is 3. The maximum absolute atomic E-state index is 13.2. The van der Waals surface area contributed by atoms with E-state index in [2.05, 4.69) is 5.32 Å². The van der Waals surface area contributed by atoms with Gasteiger partial charge in [0.25, 0.3) is 5.91 Å². The molecule has 0 saturated carbocycles. The summed E-state index contributed by atoms with van der Waals surface area (Å²) in [4.78, 5) is 63.8. The van der Waals surface area contributed by atoms with Gasteiger partial charge in [0.1, 0.15) is 17.5 Å². The molecule has 202 valence electrons. The summed E-state index contributed by atoms with van der Waals surface area (Å²) in [5.41, 5.74) is 4.38. The largest absolute Gasteiger partial charge is 0.508 e. The van der Waals surface area contributed by atoms with E-state index in [4.69, 9.17) is 5.73 Å². The zero-order valence-electron chi connectivity index (χ0n) is 19.5. The number of nitrogens with one attached hydrogen (secondary N) is 1. The molecule has 1 aromatic heterocycles. The number of hydrogen-bond donors (Lipinski definition) is 3. The molecule has 39 heavy (non-hydrogen) atoms. The summed E-state index contributed by atoms with van der Waals surface area (Å²) in [6.07, 6.45) is -4.63. The first-order valence-corrected chi connectivity index (χ1v) is 12.9. The maximum Gasteiger partial charge on any atom is 0.416 e. The molecule has 5 rings (SSSR count). The van der Waals surface area contributed by atoms with Crippen LogP contribution in [0.4, 0.5) is 23.7 Å². The second-order valence-corrected chi connectivity index (χ2v) is 10.8. The van der Waals surface area contributed by atoms with Gasteiger partial charge in [0, 0.05) is 22.0 Å². The number of thioether (sulfide) groups is 1. The Bertz CT molecular complexity index is 1600. The highest BCUT2D eigenvalue weighted by atomic mass is 32.2. The number of likely N-dealkylation sites (tertiary alicyclic amines) is 1. The lowest BCUT2D eigenvalue weighted by Gasteiger charge is -2.31. The highest BCUT2D eigenvalue weighted by Gasteiger charge is 2.58. The predicted octanol–water partition coefficient (Wildman–Crippen LogP) is 2.94. The summed E-state index contributed by atoms with van der Waals surface area (Å²) < 4.78 is 40.2. The maximum atomic E-state index is 13.2. The van der Waals surface area contributed by atoms with E-state index in [0.29, 0.717) is 16.2 Å². The molecule has 10 nitrogen and oxygen atoms in total. The van der Waals surface area contributed by atoms with Crippen LogP contribution in [0.3, 0.4) is 0 Å². The molecule has 5 amide bonds. The first kappa shape index (κ1) is 26.5. The summed E-state index contributed by atoms with van der Waals surface area (Å²) >= 11 is 1.50. The van der Waals surface area contributed by atoms with E-state index in [1.165, 1.54) is 24.3 Å². The predicted molar refractivity (Wildman–Crippen MR) is 133 cm³/mol. The second kappa shape index (κ2) is 9.57. The Labute approximate surface area is 225 Å². The fourth-order valence-electron chi connectivity index (χ4n) is 4.68. The molecular formula is C24H17F3N4O6S2. The Kier molecular flexibility index (Phi) is 6.50. The molecule has 2 aromatic carbocycles. The number of phenols is 1. The van der Waals surface area contributed by atoms with Gasteiger partial charge in [0.05, 0.1) is 16.5 Å². The van der Waals surface area contributed by atoms with Crippen molar-refractivity contribution < 1.29 is 37.5 Å². The number of amides is 5. The number of anilines is 1. The number of carbonyl (C=O) groups excluding carboxylic acids is 4. The number of phenolic OH excluding ortho intramolecular Hbond substituents is 1. The smallest absolute Gasteiger partial charge is 0.416 e. The molecule has 0 bridgehead atoms. The number of carbonyl (C=O) groups is 4. The third kappa shape index (κ3) is 4.57. The standard InChI is InChI=1S/C24H17F3N4O6S2/c25-24(26,27)10-4-3-5-11(8-10)29-14(33)9-30-21-18(39-23(30)37)15(12-6-1-2-7-13(12)32)16-17(38-21)20(35)31(19(16)34)22(28)36/h1-8,15-17,32H,9H2,(H2,28,36)(H,29,33)/t15-,16+,17-/m0/s1. The van der Waals surface area contributed by atoms with Crippen molar-refractivity contribution in [1.82, 2.24) is 9.47 Å². The van der Waals surface area contributed by atoms with E-state index in [9.17, 15) is 42.3 Å². The number of nitrogens with two attached hydrogens (primary N) is 1. The fraction of sp³-hybridized carbons (Fsp3) is 0.208. The average Bonchev–Trinajstić information content (AvgIpc) is 3.30. The number of urea groups is 1. The minimum atomic E-state index is -4.63. The van der Waals surface area contributed by atoms with Gasteiger partial charge >= 0.3 is 17.1 Å². The van der Waals surface area contributed by atoms with Crippen LogP contribution in [-0.2, 0) is 27.1 Å². The highest BCUT2D eigenvalue weighted by Crippen LogP contribution is 2.54. The molecule has 0 unspecified atom stereocenters. The lowest BCUT2D eigenvalue weighted by Crippen LogP contribution is -2.41. The van der Waals surface area contributed by atoms with Crippen LogP contribution in [0.2, 0.25) is 0 Å². The van der Waals surface area contributed by atoms with Crippen LogP contribution >= 0.6 is 23.1 Å². The molecule has 0 spiro atoms. The van der Waals surface area contributed by atoms with E-state index in [-0.39, 0.29) is 26.9 Å². The molecule has 2 aliphatic heterocycles. The van der Waals surface area contributed by atoms with E-state index in [0.717, 1.165) is 34.5 Å². The number of imide groups is 3. The molecule has 1 saturated heterocycles. The monoisotopic (exact) mass is 578 g/mol. The van der Waals surface area contributed by atoms with Crippen molar-refractivity contribution in [2.45, 2.75) is 28.9 Å². The highest BCUT2D eigenvalue weighted by molar-refractivity contribution is 8.00. The van der Waals surface area contributed by atoms with Gasteiger partial charge in [0.15, 0.2) is 0 Å². The summed E-state index contributed by atoms with van der Waals surface area (Å²) in [6, 6.07) is 8.70. The number of thiazole rings is 1. The Morgan fingerprint density at radius 1 is 1.05 bits per heavy atom. The number of fused-ring (bicyclic) bond motifs is 2. The number of hydrogen-bond acceptors (Lipinski definition) is 8. The molecule has 1 fully saturated rings. The number of alkyl halides is 3.